The van der Waals surface area contributed by atoms with Crippen LogP contribution in [-0.2, 0) is 33.2 Å². The molecule has 0 aromatic carbocycles. The van der Waals surface area contributed by atoms with Gasteiger partial charge < -0.3 is 89.9 Å². The average Bonchev–Trinajstić information content (AvgIpc) is 0.782. The second-order valence-electron chi connectivity index (χ2n) is 28.1. The molecule has 584 valence electrons. The standard InChI is InChI=1S/C82H143NO18/c1-3-5-7-9-11-13-15-17-19-21-23-25-27-29-31-32-34-35-37-39-41-43-45-47-49-51-53-55-57-59-66(87)65(83-70(88)60-58-56-54-52-50-48-46-44-42-40-38-36-33-30-28-26-24-22-20-18-16-14-12-10-8-6-4-2)64-96-80-76(94)73(91)78(68(62-85)98-80)101-82-77(95)74(92)79(69(63-86)99-82)100-81-75(93)72(90)71(89)67(61-84)97-81/h6,8,12,14,18,20,24,26,30,33,38,40,44,46,57,59,65-69,71-82,84-87,89-95H,3-5,7,9-11,13,15-17,19,21-23,25,27-29,31-32,34-37,39,41-43,45,47-56,58,60-64H2,1-2H3,(H,83,88)/b8-6-,14-12-,20-18-,26-24-,33-30-,40-38-,46-44-,59-57+. The number of carbonyl (C=O) groups is 1. The number of aliphatic hydroxyl groups excluding tert-OH is 11. The van der Waals surface area contributed by atoms with Crippen molar-refractivity contribution in [2.45, 2.75) is 388 Å². The van der Waals surface area contributed by atoms with E-state index in [-0.39, 0.29) is 18.9 Å². The molecular weight excluding hydrogens is 1290 g/mol. The van der Waals surface area contributed by atoms with Crippen LogP contribution in [0.2, 0.25) is 0 Å². The Morgan fingerprint density at radius 3 is 1.07 bits per heavy atom. The van der Waals surface area contributed by atoms with Crippen LogP contribution in [0.5, 0.6) is 0 Å². The maximum atomic E-state index is 13.5. The first-order valence-corrected chi connectivity index (χ1v) is 40.0. The third-order valence-electron chi connectivity index (χ3n) is 19.4. The summed E-state index contributed by atoms with van der Waals surface area (Å²) in [5.41, 5.74) is 0. The lowest BCUT2D eigenvalue weighted by atomic mass is 9.96. The van der Waals surface area contributed by atoms with Gasteiger partial charge in [-0.1, -0.05) is 297 Å². The van der Waals surface area contributed by atoms with Gasteiger partial charge >= 0.3 is 0 Å². The van der Waals surface area contributed by atoms with Crippen molar-refractivity contribution in [1.82, 2.24) is 5.32 Å². The number of allylic oxidation sites excluding steroid dienone is 15. The van der Waals surface area contributed by atoms with E-state index in [4.69, 9.17) is 28.4 Å². The van der Waals surface area contributed by atoms with E-state index >= 15 is 0 Å². The molecule has 3 aliphatic heterocycles. The average molecular weight is 1430 g/mol. The molecule has 1 amide bonds. The molecule has 0 aromatic heterocycles. The lowest BCUT2D eigenvalue weighted by molar-refractivity contribution is -0.379. The lowest BCUT2D eigenvalue weighted by Gasteiger charge is -2.48. The number of hydrogen-bond donors (Lipinski definition) is 12. The molecule has 3 aliphatic rings. The predicted molar refractivity (Wildman–Crippen MR) is 401 cm³/mol. The van der Waals surface area contributed by atoms with Crippen molar-refractivity contribution in [3.8, 4) is 0 Å². The van der Waals surface area contributed by atoms with E-state index < -0.39 is 124 Å². The van der Waals surface area contributed by atoms with Gasteiger partial charge in [0, 0.05) is 6.42 Å². The molecule has 3 fully saturated rings. The zero-order valence-corrected chi connectivity index (χ0v) is 62.4. The van der Waals surface area contributed by atoms with Crippen molar-refractivity contribution >= 4 is 5.91 Å². The highest BCUT2D eigenvalue weighted by Gasteiger charge is 2.54. The van der Waals surface area contributed by atoms with E-state index in [0.717, 1.165) is 103 Å². The fraction of sp³-hybridized carbons (Fsp3) is 0.793. The van der Waals surface area contributed by atoms with E-state index in [2.05, 4.69) is 104 Å². The van der Waals surface area contributed by atoms with E-state index in [1.807, 2.05) is 6.08 Å². The Bertz CT molecular complexity index is 2200. The minimum Gasteiger partial charge on any atom is -0.394 e. The summed E-state index contributed by atoms with van der Waals surface area (Å²) in [4.78, 5) is 13.5. The highest BCUT2D eigenvalue weighted by Crippen LogP contribution is 2.33. The number of amides is 1. The Labute approximate surface area is 609 Å². The van der Waals surface area contributed by atoms with Gasteiger partial charge in [0.1, 0.15) is 73.2 Å². The zero-order valence-electron chi connectivity index (χ0n) is 62.4. The van der Waals surface area contributed by atoms with Crippen molar-refractivity contribution in [1.29, 1.82) is 0 Å². The number of rotatable bonds is 62. The Kier molecular flexibility index (Phi) is 56.3. The van der Waals surface area contributed by atoms with Gasteiger partial charge in [-0.25, -0.2) is 0 Å². The highest BCUT2D eigenvalue weighted by molar-refractivity contribution is 5.76. The molecule has 17 unspecified atom stereocenters. The molecule has 19 heteroatoms. The molecule has 0 aromatic rings. The summed E-state index contributed by atoms with van der Waals surface area (Å²) in [7, 11) is 0. The van der Waals surface area contributed by atoms with Gasteiger partial charge in [0.05, 0.1) is 38.6 Å². The van der Waals surface area contributed by atoms with E-state index in [9.17, 15) is 61.0 Å². The van der Waals surface area contributed by atoms with Crippen LogP contribution in [0.3, 0.4) is 0 Å². The Hall–Kier alpha value is -3.29. The number of aliphatic hydroxyl groups is 11. The van der Waals surface area contributed by atoms with Gasteiger partial charge in [-0.05, 0) is 77.0 Å². The molecule has 17 atom stereocenters. The van der Waals surface area contributed by atoms with Gasteiger partial charge in [-0.3, -0.25) is 4.79 Å². The number of carbonyl (C=O) groups excluding carboxylic acids is 1. The molecule has 101 heavy (non-hydrogen) atoms. The molecule has 3 saturated heterocycles. The number of unbranched alkanes of at least 4 members (excludes halogenated alkanes) is 32. The minimum absolute atomic E-state index is 0.215. The van der Waals surface area contributed by atoms with Crippen LogP contribution in [0.1, 0.15) is 284 Å². The molecule has 0 bridgehead atoms. The summed E-state index contributed by atoms with van der Waals surface area (Å²) in [6, 6.07) is -0.993. The largest absolute Gasteiger partial charge is 0.394 e. The van der Waals surface area contributed by atoms with E-state index in [1.54, 1.807) is 6.08 Å². The molecular formula is C82H143NO18. The minimum atomic E-state index is -1.99. The smallest absolute Gasteiger partial charge is 0.220 e. The summed E-state index contributed by atoms with van der Waals surface area (Å²) in [5, 5.41) is 121. The Balaban J connectivity index is 1.40. The second-order valence-corrected chi connectivity index (χ2v) is 28.1. The van der Waals surface area contributed by atoms with Crippen LogP contribution in [0.15, 0.2) is 97.2 Å². The van der Waals surface area contributed by atoms with Crippen LogP contribution in [0, 0.1) is 0 Å². The number of hydrogen-bond acceptors (Lipinski definition) is 18. The summed E-state index contributed by atoms with van der Waals surface area (Å²) in [6.07, 6.45) is 56.7. The number of ether oxygens (including phenoxy) is 6. The maximum absolute atomic E-state index is 13.5. The van der Waals surface area contributed by atoms with E-state index in [0.29, 0.717) is 6.42 Å². The summed E-state index contributed by atoms with van der Waals surface area (Å²) < 4.78 is 34.4. The van der Waals surface area contributed by atoms with Crippen molar-refractivity contribution in [2.75, 3.05) is 26.4 Å². The first kappa shape index (κ1) is 91.9. The summed E-state index contributed by atoms with van der Waals surface area (Å²) in [6.45, 7) is 1.63. The van der Waals surface area contributed by atoms with Gasteiger partial charge in [-0.15, -0.1) is 0 Å². The Morgan fingerprint density at radius 1 is 0.366 bits per heavy atom. The molecule has 0 aliphatic carbocycles. The van der Waals surface area contributed by atoms with Crippen LogP contribution >= 0.6 is 0 Å². The molecule has 0 spiro atoms. The monoisotopic (exact) mass is 1430 g/mol. The third kappa shape index (κ3) is 42.0. The van der Waals surface area contributed by atoms with Gasteiger partial charge in [0.15, 0.2) is 18.9 Å². The molecule has 3 heterocycles. The second kappa shape index (κ2) is 61.8. The summed E-state index contributed by atoms with van der Waals surface area (Å²) >= 11 is 0. The third-order valence-corrected chi connectivity index (χ3v) is 19.4. The SMILES string of the molecule is CC/C=C\C/C=C\C/C=C\C/C=C\C/C=C\C/C=C\C/C=C\CCCCCCCC(=O)NC(COC1OC(CO)C(OC2OC(CO)C(OC3OC(CO)C(O)C(O)C3O)C(O)C2O)C(O)C1O)C(O)/C=C/CCCCCCCCCCCCCCCCCCCCCCCCCCCCC. The maximum Gasteiger partial charge on any atom is 0.220 e. The van der Waals surface area contributed by atoms with Crippen LogP contribution in [-0.4, -0.2) is 193 Å². The fourth-order valence-corrected chi connectivity index (χ4v) is 13.0. The molecule has 12 N–H and O–H groups in total. The lowest BCUT2D eigenvalue weighted by Crippen LogP contribution is -2.66. The first-order valence-electron chi connectivity index (χ1n) is 40.0. The first-order chi connectivity index (χ1) is 49.3. The van der Waals surface area contributed by atoms with Crippen molar-refractivity contribution < 1.29 is 89.4 Å². The normalized spacial score (nSPS) is 26.8. The molecule has 0 saturated carbocycles. The van der Waals surface area contributed by atoms with Gasteiger partial charge in [0.2, 0.25) is 5.91 Å². The molecule has 19 nitrogen and oxygen atoms in total. The quantitative estimate of drug-likeness (QED) is 0.0199. The van der Waals surface area contributed by atoms with Crippen LogP contribution in [0.4, 0.5) is 0 Å². The van der Waals surface area contributed by atoms with E-state index in [1.165, 1.54) is 154 Å². The topological polar surface area (TPSA) is 307 Å². The molecule has 0 radical (unpaired) electrons. The van der Waals surface area contributed by atoms with Gasteiger partial charge in [-0.2, -0.15) is 0 Å². The number of nitrogens with one attached hydrogen (secondary N) is 1. The van der Waals surface area contributed by atoms with Gasteiger partial charge in [0.25, 0.3) is 0 Å². The fourth-order valence-electron chi connectivity index (χ4n) is 13.0. The summed E-state index contributed by atoms with van der Waals surface area (Å²) in [5.74, 6) is -0.295. The van der Waals surface area contributed by atoms with Crippen LogP contribution in [0.25, 0.3) is 0 Å². The van der Waals surface area contributed by atoms with Crippen molar-refractivity contribution in [3.63, 3.8) is 0 Å². The van der Waals surface area contributed by atoms with Crippen molar-refractivity contribution in [2.24, 2.45) is 0 Å². The molecule has 3 rings (SSSR count). The predicted octanol–water partition coefficient (Wildman–Crippen LogP) is 13.2. The highest BCUT2D eigenvalue weighted by atomic mass is 16.8. The Morgan fingerprint density at radius 2 is 0.683 bits per heavy atom. The van der Waals surface area contributed by atoms with Crippen molar-refractivity contribution in [3.05, 3.63) is 97.2 Å². The van der Waals surface area contributed by atoms with Crippen LogP contribution < -0.4 is 5.32 Å². The zero-order chi connectivity index (χ0) is 73.2.